The summed E-state index contributed by atoms with van der Waals surface area (Å²) in [6.45, 7) is 3.71. The van der Waals surface area contributed by atoms with Crippen molar-refractivity contribution in [1.82, 2.24) is 4.90 Å². The molecule has 3 aliphatic rings. The van der Waals surface area contributed by atoms with E-state index >= 15 is 0 Å². The van der Waals surface area contributed by atoms with E-state index in [1.807, 2.05) is 0 Å². The van der Waals surface area contributed by atoms with E-state index in [4.69, 9.17) is 9.47 Å². The zero-order valence-corrected chi connectivity index (χ0v) is 11.9. The quantitative estimate of drug-likeness (QED) is 0.826. The van der Waals surface area contributed by atoms with Crippen LogP contribution < -0.4 is 0 Å². The second-order valence-electron chi connectivity index (χ2n) is 6.41. The number of rotatable bonds is 2. The summed E-state index contributed by atoms with van der Waals surface area (Å²) in [4.78, 5) is 2.53. The first-order valence-corrected chi connectivity index (χ1v) is 7.92. The van der Waals surface area contributed by atoms with Gasteiger partial charge in [0, 0.05) is 25.7 Å². The van der Waals surface area contributed by atoms with Crippen LogP contribution in [0.5, 0.6) is 0 Å². The van der Waals surface area contributed by atoms with Crippen LogP contribution in [0.3, 0.4) is 0 Å². The molecule has 4 heteroatoms. The predicted octanol–water partition coefficient (Wildman–Crippen LogP) is 1.56. The molecule has 1 N–H and O–H groups in total. The summed E-state index contributed by atoms with van der Waals surface area (Å²) in [5, 5.41) is 9.27. The summed E-state index contributed by atoms with van der Waals surface area (Å²) in [6.07, 6.45) is 8.86. The maximum atomic E-state index is 9.27. The van der Waals surface area contributed by atoms with Crippen molar-refractivity contribution in [3.05, 3.63) is 0 Å². The zero-order valence-electron chi connectivity index (χ0n) is 11.9. The lowest BCUT2D eigenvalue weighted by Gasteiger charge is -2.48. The second-order valence-corrected chi connectivity index (χ2v) is 6.41. The van der Waals surface area contributed by atoms with Gasteiger partial charge in [0.2, 0.25) is 0 Å². The van der Waals surface area contributed by atoms with Gasteiger partial charge in [-0.15, -0.1) is 0 Å². The Hall–Kier alpha value is -0.160. The fourth-order valence-electron chi connectivity index (χ4n) is 4.04. The van der Waals surface area contributed by atoms with Gasteiger partial charge in [-0.1, -0.05) is 19.3 Å². The van der Waals surface area contributed by atoms with Crippen LogP contribution in [0.25, 0.3) is 0 Å². The summed E-state index contributed by atoms with van der Waals surface area (Å²) in [6, 6.07) is 0.629. The van der Waals surface area contributed by atoms with E-state index in [1.165, 1.54) is 38.5 Å². The number of morpholine rings is 1. The standard InChI is InChI=1S/C15H27NO3/c17-12-14-11-16(7-9-18-14)13-4-8-19-15(10-13)5-2-1-3-6-15/h13-14,17H,1-12H2. The maximum absolute atomic E-state index is 9.27. The molecule has 2 atom stereocenters. The van der Waals surface area contributed by atoms with Crippen molar-refractivity contribution in [3.63, 3.8) is 0 Å². The predicted molar refractivity (Wildman–Crippen MR) is 73.2 cm³/mol. The maximum Gasteiger partial charge on any atom is 0.0932 e. The van der Waals surface area contributed by atoms with Crippen molar-refractivity contribution in [2.75, 3.05) is 32.9 Å². The van der Waals surface area contributed by atoms with Crippen LogP contribution in [0.1, 0.15) is 44.9 Å². The van der Waals surface area contributed by atoms with Crippen molar-refractivity contribution in [1.29, 1.82) is 0 Å². The van der Waals surface area contributed by atoms with Crippen molar-refractivity contribution in [3.8, 4) is 0 Å². The average molecular weight is 269 g/mol. The Labute approximate surface area is 116 Å². The van der Waals surface area contributed by atoms with E-state index in [9.17, 15) is 5.11 Å². The van der Waals surface area contributed by atoms with Crippen LogP contribution in [-0.4, -0.2) is 60.7 Å². The molecule has 4 nitrogen and oxygen atoms in total. The van der Waals surface area contributed by atoms with Gasteiger partial charge in [-0.2, -0.15) is 0 Å². The average Bonchev–Trinajstić information content (AvgIpc) is 2.48. The Bertz CT molecular complexity index is 286. The van der Waals surface area contributed by atoms with Gasteiger partial charge in [0.1, 0.15) is 0 Å². The van der Waals surface area contributed by atoms with E-state index in [0.717, 1.165) is 32.7 Å². The third kappa shape index (κ3) is 3.13. The molecule has 0 radical (unpaired) electrons. The third-order valence-corrected chi connectivity index (χ3v) is 5.12. The first-order valence-electron chi connectivity index (χ1n) is 7.92. The van der Waals surface area contributed by atoms with E-state index in [-0.39, 0.29) is 18.3 Å². The molecule has 0 aromatic rings. The molecule has 2 saturated heterocycles. The Kier molecular flexibility index (Phi) is 4.42. The van der Waals surface area contributed by atoms with Crippen LogP contribution in [0, 0.1) is 0 Å². The molecule has 2 heterocycles. The normalized spacial score (nSPS) is 36.5. The minimum Gasteiger partial charge on any atom is -0.394 e. The molecular weight excluding hydrogens is 242 g/mol. The Balaban J connectivity index is 1.61. The van der Waals surface area contributed by atoms with Crippen LogP contribution in [0.2, 0.25) is 0 Å². The number of aliphatic hydroxyl groups excluding tert-OH is 1. The number of aliphatic hydroxyl groups is 1. The van der Waals surface area contributed by atoms with Crippen LogP contribution in [0.4, 0.5) is 0 Å². The molecule has 0 aromatic heterocycles. The highest BCUT2D eigenvalue weighted by atomic mass is 16.5. The number of hydrogen-bond donors (Lipinski definition) is 1. The fourth-order valence-corrected chi connectivity index (χ4v) is 4.04. The van der Waals surface area contributed by atoms with Gasteiger partial charge in [0.25, 0.3) is 0 Å². The molecule has 2 unspecified atom stereocenters. The van der Waals surface area contributed by atoms with Crippen LogP contribution >= 0.6 is 0 Å². The van der Waals surface area contributed by atoms with Gasteiger partial charge in [0.15, 0.2) is 0 Å². The van der Waals surface area contributed by atoms with E-state index in [2.05, 4.69) is 4.90 Å². The highest BCUT2D eigenvalue weighted by Crippen LogP contribution is 2.40. The lowest BCUT2D eigenvalue weighted by atomic mass is 9.78. The number of hydrogen-bond acceptors (Lipinski definition) is 4. The summed E-state index contributed by atoms with van der Waals surface area (Å²) >= 11 is 0. The highest BCUT2D eigenvalue weighted by Gasteiger charge is 2.40. The molecule has 1 aliphatic carbocycles. The lowest BCUT2D eigenvalue weighted by molar-refractivity contribution is -0.140. The Morgan fingerprint density at radius 3 is 2.79 bits per heavy atom. The van der Waals surface area contributed by atoms with E-state index in [0.29, 0.717) is 6.04 Å². The monoisotopic (exact) mass is 269 g/mol. The van der Waals surface area contributed by atoms with Gasteiger partial charge in [-0.25, -0.2) is 0 Å². The Morgan fingerprint density at radius 1 is 1.16 bits per heavy atom. The molecule has 1 spiro atoms. The minimum absolute atomic E-state index is 0.0129. The van der Waals surface area contributed by atoms with E-state index < -0.39 is 0 Å². The van der Waals surface area contributed by atoms with Crippen molar-refractivity contribution in [2.24, 2.45) is 0 Å². The molecule has 19 heavy (non-hydrogen) atoms. The third-order valence-electron chi connectivity index (χ3n) is 5.12. The molecular formula is C15H27NO3. The first-order chi connectivity index (χ1) is 9.31. The Morgan fingerprint density at radius 2 is 2.00 bits per heavy atom. The van der Waals surface area contributed by atoms with E-state index in [1.54, 1.807) is 0 Å². The fraction of sp³-hybridized carbons (Fsp3) is 1.00. The minimum atomic E-state index is 0.0129. The first kappa shape index (κ1) is 13.8. The van der Waals surface area contributed by atoms with Gasteiger partial charge in [-0.05, 0) is 25.7 Å². The van der Waals surface area contributed by atoms with Gasteiger partial charge in [-0.3, -0.25) is 4.90 Å². The van der Waals surface area contributed by atoms with Gasteiger partial charge >= 0.3 is 0 Å². The molecule has 1 saturated carbocycles. The molecule has 3 rings (SSSR count). The molecule has 2 aliphatic heterocycles. The molecule has 0 amide bonds. The summed E-state index contributed by atoms with van der Waals surface area (Å²) in [7, 11) is 0. The molecule has 0 aromatic carbocycles. The lowest BCUT2D eigenvalue weighted by Crippen LogP contribution is -2.54. The molecule has 0 bridgehead atoms. The van der Waals surface area contributed by atoms with Crippen molar-refractivity contribution in [2.45, 2.75) is 62.7 Å². The summed E-state index contributed by atoms with van der Waals surface area (Å²) in [5.41, 5.74) is 0.175. The summed E-state index contributed by atoms with van der Waals surface area (Å²) < 4.78 is 11.7. The highest BCUT2D eigenvalue weighted by molar-refractivity contribution is 4.93. The van der Waals surface area contributed by atoms with Gasteiger partial charge in [0.05, 0.1) is 24.9 Å². The zero-order chi connectivity index (χ0) is 13.1. The topological polar surface area (TPSA) is 41.9 Å². The second kappa shape index (κ2) is 6.08. The van der Waals surface area contributed by atoms with Gasteiger partial charge < -0.3 is 14.6 Å². The SMILES string of the molecule is OCC1CN(C2CCOC3(CCCCC3)C2)CCO1. The molecule has 110 valence electrons. The smallest absolute Gasteiger partial charge is 0.0932 e. The van der Waals surface area contributed by atoms with Crippen molar-refractivity contribution < 1.29 is 14.6 Å². The summed E-state index contributed by atoms with van der Waals surface area (Å²) in [5.74, 6) is 0. The number of nitrogens with zero attached hydrogens (tertiary/aromatic N) is 1. The van der Waals surface area contributed by atoms with Crippen molar-refractivity contribution >= 4 is 0 Å². The number of ether oxygens (including phenoxy) is 2. The largest absolute Gasteiger partial charge is 0.394 e. The van der Waals surface area contributed by atoms with Crippen LogP contribution in [-0.2, 0) is 9.47 Å². The van der Waals surface area contributed by atoms with Crippen LogP contribution in [0.15, 0.2) is 0 Å². The molecule has 3 fully saturated rings.